The van der Waals surface area contributed by atoms with Gasteiger partial charge >= 0.3 is 5.97 Å². The van der Waals surface area contributed by atoms with Gasteiger partial charge in [0.25, 0.3) is 0 Å². The van der Waals surface area contributed by atoms with Gasteiger partial charge in [0.2, 0.25) is 0 Å². The van der Waals surface area contributed by atoms with Crippen molar-refractivity contribution in [3.05, 3.63) is 23.8 Å². The molecule has 0 amide bonds. The number of carboxylic acids is 1. The molecule has 1 aliphatic heterocycles. The third kappa shape index (κ3) is 3.04. The molecule has 5 heteroatoms. The molecule has 1 saturated heterocycles. The van der Waals surface area contributed by atoms with Gasteiger partial charge in [-0.3, -0.25) is 9.69 Å². The van der Waals surface area contributed by atoms with Crippen molar-refractivity contribution in [2.45, 2.75) is 26.8 Å². The number of rotatable bonds is 5. The van der Waals surface area contributed by atoms with Crippen LogP contribution in [-0.2, 0) is 11.3 Å². The molecule has 1 heterocycles. The van der Waals surface area contributed by atoms with Crippen LogP contribution in [0.15, 0.2) is 18.2 Å². The minimum absolute atomic E-state index is 0.132. The smallest absolute Gasteiger partial charge is 0.310 e. The Bertz CT molecular complexity index is 503. The maximum atomic E-state index is 11.2. The molecule has 0 aromatic heterocycles. The molecule has 1 atom stereocenters. The van der Waals surface area contributed by atoms with E-state index in [-0.39, 0.29) is 5.75 Å². The lowest BCUT2D eigenvalue weighted by Crippen LogP contribution is -2.31. The molecule has 1 aliphatic rings. The van der Waals surface area contributed by atoms with Gasteiger partial charge < -0.3 is 14.9 Å². The summed E-state index contributed by atoms with van der Waals surface area (Å²) in [5, 5.41) is 18.9. The molecule has 0 spiro atoms. The largest absolute Gasteiger partial charge is 0.504 e. The summed E-state index contributed by atoms with van der Waals surface area (Å²) in [6, 6.07) is 5.27. The number of aliphatic carboxylic acids is 1. The molecular weight excluding hydrogens is 258 g/mol. The van der Waals surface area contributed by atoms with Crippen LogP contribution in [-0.4, -0.2) is 40.8 Å². The van der Waals surface area contributed by atoms with Gasteiger partial charge in [-0.2, -0.15) is 0 Å². The first kappa shape index (κ1) is 14.7. The van der Waals surface area contributed by atoms with Crippen molar-refractivity contribution >= 4 is 5.97 Å². The van der Waals surface area contributed by atoms with E-state index in [1.54, 1.807) is 13.0 Å². The number of hydrogen-bond acceptors (Lipinski definition) is 4. The lowest BCUT2D eigenvalue weighted by Gasteiger charge is -2.20. The monoisotopic (exact) mass is 279 g/mol. The van der Waals surface area contributed by atoms with Gasteiger partial charge in [-0.15, -0.1) is 0 Å². The summed E-state index contributed by atoms with van der Waals surface area (Å²) in [6.07, 6.45) is 0.665. The Morgan fingerprint density at radius 2 is 2.25 bits per heavy atom. The fourth-order valence-corrected chi connectivity index (χ4v) is 2.55. The SMILES string of the molecule is CCOc1cc(CN2CCC(C)(C(=O)O)C2)ccc1O. The molecule has 0 aliphatic carbocycles. The second-order valence-electron chi connectivity index (χ2n) is 5.56. The summed E-state index contributed by atoms with van der Waals surface area (Å²) in [5.41, 5.74) is 0.362. The van der Waals surface area contributed by atoms with E-state index < -0.39 is 11.4 Å². The van der Waals surface area contributed by atoms with Gasteiger partial charge in [-0.25, -0.2) is 0 Å². The first-order valence-electron chi connectivity index (χ1n) is 6.85. The molecule has 110 valence electrons. The van der Waals surface area contributed by atoms with Crippen molar-refractivity contribution < 1.29 is 19.7 Å². The molecule has 1 unspecified atom stereocenters. The molecule has 0 radical (unpaired) electrons. The second kappa shape index (κ2) is 5.71. The Balaban J connectivity index is 2.04. The van der Waals surface area contributed by atoms with E-state index in [9.17, 15) is 15.0 Å². The highest BCUT2D eigenvalue weighted by Gasteiger charge is 2.40. The number of carbonyl (C=O) groups is 1. The zero-order chi connectivity index (χ0) is 14.8. The van der Waals surface area contributed by atoms with E-state index in [0.717, 1.165) is 12.1 Å². The van der Waals surface area contributed by atoms with Crippen LogP contribution in [0.2, 0.25) is 0 Å². The molecule has 20 heavy (non-hydrogen) atoms. The fourth-order valence-electron chi connectivity index (χ4n) is 2.55. The number of carboxylic acid groups (broad SMARTS) is 1. The number of hydrogen-bond donors (Lipinski definition) is 2. The molecular formula is C15H21NO4. The topological polar surface area (TPSA) is 70.0 Å². The minimum atomic E-state index is -0.735. The van der Waals surface area contributed by atoms with Crippen LogP contribution in [0.1, 0.15) is 25.8 Å². The van der Waals surface area contributed by atoms with Crippen LogP contribution in [0.25, 0.3) is 0 Å². The highest BCUT2D eigenvalue weighted by Crippen LogP contribution is 2.32. The minimum Gasteiger partial charge on any atom is -0.504 e. The maximum absolute atomic E-state index is 11.2. The first-order valence-corrected chi connectivity index (χ1v) is 6.85. The normalized spacial score (nSPS) is 22.9. The predicted molar refractivity (Wildman–Crippen MR) is 74.9 cm³/mol. The Kier molecular flexibility index (Phi) is 4.18. The van der Waals surface area contributed by atoms with E-state index in [4.69, 9.17) is 4.74 Å². The summed E-state index contributed by atoms with van der Waals surface area (Å²) in [5.74, 6) is -0.127. The van der Waals surface area contributed by atoms with Crippen molar-refractivity contribution in [1.82, 2.24) is 4.90 Å². The number of phenols is 1. The second-order valence-corrected chi connectivity index (χ2v) is 5.56. The van der Waals surface area contributed by atoms with Crippen molar-refractivity contribution in [3.8, 4) is 11.5 Å². The molecule has 2 N–H and O–H groups in total. The van der Waals surface area contributed by atoms with E-state index in [2.05, 4.69) is 4.90 Å². The molecule has 1 aromatic carbocycles. The quantitative estimate of drug-likeness (QED) is 0.863. The molecule has 5 nitrogen and oxygen atoms in total. The van der Waals surface area contributed by atoms with Crippen molar-refractivity contribution in [2.75, 3.05) is 19.7 Å². The van der Waals surface area contributed by atoms with Crippen LogP contribution in [0, 0.1) is 5.41 Å². The lowest BCUT2D eigenvalue weighted by atomic mass is 9.90. The number of nitrogens with zero attached hydrogens (tertiary/aromatic N) is 1. The van der Waals surface area contributed by atoms with Gasteiger partial charge in [0.1, 0.15) is 0 Å². The average molecular weight is 279 g/mol. The maximum Gasteiger partial charge on any atom is 0.310 e. The molecule has 2 rings (SSSR count). The molecule has 0 saturated carbocycles. The molecule has 1 fully saturated rings. The zero-order valence-corrected chi connectivity index (χ0v) is 11.9. The van der Waals surface area contributed by atoms with Gasteiger partial charge in [0, 0.05) is 13.1 Å². The zero-order valence-electron chi connectivity index (χ0n) is 11.9. The van der Waals surface area contributed by atoms with Gasteiger partial charge in [0.15, 0.2) is 11.5 Å². The summed E-state index contributed by atoms with van der Waals surface area (Å²) in [4.78, 5) is 13.3. The molecule has 0 bridgehead atoms. The number of phenolic OH excluding ortho intramolecular Hbond substituents is 1. The first-order chi connectivity index (χ1) is 9.44. The van der Waals surface area contributed by atoms with Crippen LogP contribution in [0.3, 0.4) is 0 Å². The van der Waals surface area contributed by atoms with Crippen LogP contribution < -0.4 is 4.74 Å². The standard InChI is InChI=1S/C15H21NO4/c1-3-20-13-8-11(4-5-12(13)17)9-16-7-6-15(2,10-16)14(18)19/h4-5,8,17H,3,6-7,9-10H2,1-2H3,(H,18,19). The average Bonchev–Trinajstić information content (AvgIpc) is 2.77. The summed E-state index contributed by atoms with van der Waals surface area (Å²) >= 11 is 0. The number of likely N-dealkylation sites (tertiary alicyclic amines) is 1. The number of ether oxygens (including phenoxy) is 1. The fraction of sp³-hybridized carbons (Fsp3) is 0.533. The van der Waals surface area contributed by atoms with Gasteiger partial charge in [0.05, 0.1) is 12.0 Å². The van der Waals surface area contributed by atoms with E-state index in [1.165, 1.54) is 0 Å². The van der Waals surface area contributed by atoms with E-state index in [1.807, 2.05) is 19.1 Å². The van der Waals surface area contributed by atoms with Crippen molar-refractivity contribution in [2.24, 2.45) is 5.41 Å². The Morgan fingerprint density at radius 3 is 2.85 bits per heavy atom. The third-order valence-corrected chi connectivity index (χ3v) is 3.80. The Morgan fingerprint density at radius 1 is 1.50 bits per heavy atom. The van der Waals surface area contributed by atoms with Crippen LogP contribution in [0.4, 0.5) is 0 Å². The summed E-state index contributed by atoms with van der Waals surface area (Å²) in [7, 11) is 0. The Hall–Kier alpha value is -1.75. The van der Waals surface area contributed by atoms with Crippen molar-refractivity contribution in [1.29, 1.82) is 0 Å². The highest BCUT2D eigenvalue weighted by molar-refractivity contribution is 5.74. The van der Waals surface area contributed by atoms with Crippen LogP contribution >= 0.6 is 0 Å². The van der Waals surface area contributed by atoms with Crippen LogP contribution in [0.5, 0.6) is 11.5 Å². The summed E-state index contributed by atoms with van der Waals surface area (Å²) < 4.78 is 5.36. The van der Waals surface area contributed by atoms with E-state index in [0.29, 0.717) is 31.9 Å². The van der Waals surface area contributed by atoms with Crippen molar-refractivity contribution in [3.63, 3.8) is 0 Å². The van der Waals surface area contributed by atoms with E-state index >= 15 is 0 Å². The number of benzene rings is 1. The number of aromatic hydroxyl groups is 1. The predicted octanol–water partition coefficient (Wildman–Crippen LogP) is 2.09. The summed E-state index contributed by atoms with van der Waals surface area (Å²) in [6.45, 7) is 6.14. The van der Waals surface area contributed by atoms with Gasteiger partial charge in [-0.1, -0.05) is 6.07 Å². The molecule has 1 aromatic rings. The van der Waals surface area contributed by atoms with Gasteiger partial charge in [-0.05, 0) is 44.5 Å². The highest BCUT2D eigenvalue weighted by atomic mass is 16.5. The Labute approximate surface area is 118 Å². The third-order valence-electron chi connectivity index (χ3n) is 3.80. The lowest BCUT2D eigenvalue weighted by molar-refractivity contribution is -0.147.